The highest BCUT2D eigenvalue weighted by Gasteiger charge is 2.01. The standard InChI is InChI=1S/C8H9ClIN/c1-5-2-6(4-11)8(10)3-7(5)9/h2-3H,4,11H2,1H3. The van der Waals surface area contributed by atoms with Crippen LogP contribution in [0.1, 0.15) is 11.1 Å². The normalized spacial score (nSPS) is 10.2. The molecule has 0 atom stereocenters. The zero-order valence-electron chi connectivity index (χ0n) is 6.20. The van der Waals surface area contributed by atoms with Crippen molar-refractivity contribution < 1.29 is 0 Å². The highest BCUT2D eigenvalue weighted by atomic mass is 127. The fourth-order valence-electron chi connectivity index (χ4n) is 0.873. The fourth-order valence-corrected chi connectivity index (χ4v) is 1.91. The van der Waals surface area contributed by atoms with Gasteiger partial charge in [-0.05, 0) is 46.7 Å². The predicted octanol–water partition coefficient (Wildman–Crippen LogP) is 2.71. The average Bonchev–Trinajstić information content (AvgIpc) is 1.97. The molecule has 0 saturated carbocycles. The molecule has 0 spiro atoms. The van der Waals surface area contributed by atoms with E-state index in [4.69, 9.17) is 17.3 Å². The van der Waals surface area contributed by atoms with Gasteiger partial charge in [-0.3, -0.25) is 0 Å². The quantitative estimate of drug-likeness (QED) is 0.787. The molecule has 0 aliphatic heterocycles. The van der Waals surface area contributed by atoms with Crippen LogP contribution in [0.3, 0.4) is 0 Å². The second-order valence-electron chi connectivity index (χ2n) is 2.40. The molecule has 11 heavy (non-hydrogen) atoms. The third kappa shape index (κ3) is 2.07. The molecule has 1 rings (SSSR count). The first-order valence-corrected chi connectivity index (χ1v) is 4.75. The van der Waals surface area contributed by atoms with Gasteiger partial charge in [0.1, 0.15) is 0 Å². The molecule has 0 saturated heterocycles. The van der Waals surface area contributed by atoms with Crippen LogP contribution in [0.25, 0.3) is 0 Å². The van der Waals surface area contributed by atoms with Crippen LogP contribution >= 0.6 is 34.2 Å². The smallest absolute Gasteiger partial charge is 0.0445 e. The zero-order chi connectivity index (χ0) is 8.43. The molecule has 1 nitrogen and oxygen atoms in total. The highest BCUT2D eigenvalue weighted by Crippen LogP contribution is 2.21. The summed E-state index contributed by atoms with van der Waals surface area (Å²) in [6, 6.07) is 3.98. The second kappa shape index (κ2) is 3.74. The molecule has 0 fully saturated rings. The maximum Gasteiger partial charge on any atom is 0.0445 e. The minimum absolute atomic E-state index is 0.580. The Morgan fingerprint density at radius 2 is 2.18 bits per heavy atom. The van der Waals surface area contributed by atoms with Gasteiger partial charge in [0.05, 0.1) is 0 Å². The minimum atomic E-state index is 0.580. The van der Waals surface area contributed by atoms with Crippen LogP contribution in [0, 0.1) is 10.5 Å². The SMILES string of the molecule is Cc1cc(CN)c(I)cc1Cl. The monoisotopic (exact) mass is 281 g/mol. The van der Waals surface area contributed by atoms with Crippen LogP contribution in [0.15, 0.2) is 12.1 Å². The van der Waals surface area contributed by atoms with Crippen LogP contribution in [-0.4, -0.2) is 0 Å². The van der Waals surface area contributed by atoms with Crippen LogP contribution in [0.4, 0.5) is 0 Å². The number of benzene rings is 1. The third-order valence-electron chi connectivity index (χ3n) is 1.55. The summed E-state index contributed by atoms with van der Waals surface area (Å²) in [6.07, 6.45) is 0. The molecule has 0 aromatic heterocycles. The summed E-state index contributed by atoms with van der Waals surface area (Å²) in [4.78, 5) is 0. The van der Waals surface area contributed by atoms with E-state index in [0.717, 1.165) is 19.7 Å². The molecule has 60 valence electrons. The van der Waals surface area contributed by atoms with E-state index >= 15 is 0 Å². The van der Waals surface area contributed by atoms with Gasteiger partial charge in [-0.15, -0.1) is 0 Å². The van der Waals surface area contributed by atoms with Crippen LogP contribution in [0.5, 0.6) is 0 Å². The van der Waals surface area contributed by atoms with Crippen molar-refractivity contribution in [1.29, 1.82) is 0 Å². The van der Waals surface area contributed by atoms with Crippen molar-refractivity contribution in [3.63, 3.8) is 0 Å². The number of hydrogen-bond donors (Lipinski definition) is 1. The second-order valence-corrected chi connectivity index (χ2v) is 3.97. The Morgan fingerprint density at radius 1 is 1.55 bits per heavy atom. The summed E-state index contributed by atoms with van der Waals surface area (Å²) in [5.74, 6) is 0. The lowest BCUT2D eigenvalue weighted by atomic mass is 10.1. The third-order valence-corrected chi connectivity index (χ3v) is 2.96. The topological polar surface area (TPSA) is 26.0 Å². The van der Waals surface area contributed by atoms with Crippen molar-refractivity contribution in [2.24, 2.45) is 5.73 Å². The molecule has 0 heterocycles. The lowest BCUT2D eigenvalue weighted by Gasteiger charge is -2.04. The van der Waals surface area contributed by atoms with Gasteiger partial charge >= 0.3 is 0 Å². The molecule has 0 bridgehead atoms. The molecule has 0 amide bonds. The molecule has 0 radical (unpaired) electrons. The van der Waals surface area contributed by atoms with Gasteiger partial charge in [-0.25, -0.2) is 0 Å². The van der Waals surface area contributed by atoms with Gasteiger partial charge in [0.2, 0.25) is 0 Å². The lowest BCUT2D eigenvalue weighted by molar-refractivity contribution is 1.05. The first-order valence-electron chi connectivity index (χ1n) is 3.29. The Hall–Kier alpha value is 0.200. The number of aryl methyl sites for hydroxylation is 1. The van der Waals surface area contributed by atoms with E-state index < -0.39 is 0 Å². The van der Waals surface area contributed by atoms with E-state index in [1.165, 1.54) is 0 Å². The Balaban J connectivity index is 3.21. The first-order chi connectivity index (χ1) is 5.15. The predicted molar refractivity (Wildman–Crippen MR) is 56.8 cm³/mol. The first kappa shape index (κ1) is 9.29. The van der Waals surface area contributed by atoms with Crippen LogP contribution < -0.4 is 5.73 Å². The summed E-state index contributed by atoms with van der Waals surface area (Å²) < 4.78 is 1.14. The van der Waals surface area contributed by atoms with Gasteiger partial charge in [-0.2, -0.15) is 0 Å². The Labute approximate surface area is 85.1 Å². The average molecular weight is 282 g/mol. The van der Waals surface area contributed by atoms with Gasteiger partial charge in [-0.1, -0.05) is 17.7 Å². The summed E-state index contributed by atoms with van der Waals surface area (Å²) >= 11 is 8.14. The van der Waals surface area contributed by atoms with Crippen molar-refractivity contribution >= 4 is 34.2 Å². The molecular formula is C8H9ClIN. The molecule has 1 aromatic carbocycles. The molecule has 0 aliphatic carbocycles. The minimum Gasteiger partial charge on any atom is -0.326 e. The van der Waals surface area contributed by atoms with E-state index in [9.17, 15) is 0 Å². The molecule has 0 aliphatic rings. The molecular weight excluding hydrogens is 272 g/mol. The maximum atomic E-state index is 5.90. The fraction of sp³-hybridized carbons (Fsp3) is 0.250. The Kier molecular flexibility index (Phi) is 3.16. The number of halogens is 2. The molecule has 1 aromatic rings. The van der Waals surface area contributed by atoms with Crippen LogP contribution in [-0.2, 0) is 6.54 Å². The van der Waals surface area contributed by atoms with Gasteiger partial charge in [0, 0.05) is 15.1 Å². The summed E-state index contributed by atoms with van der Waals surface area (Å²) in [7, 11) is 0. The van der Waals surface area contributed by atoms with E-state index in [1.807, 2.05) is 19.1 Å². The van der Waals surface area contributed by atoms with Gasteiger partial charge in [0.25, 0.3) is 0 Å². The molecule has 3 heteroatoms. The Morgan fingerprint density at radius 3 is 2.73 bits per heavy atom. The number of rotatable bonds is 1. The summed E-state index contributed by atoms with van der Waals surface area (Å²) in [5.41, 5.74) is 7.77. The molecule has 0 unspecified atom stereocenters. The van der Waals surface area contributed by atoms with E-state index in [1.54, 1.807) is 0 Å². The molecule has 2 N–H and O–H groups in total. The van der Waals surface area contributed by atoms with Crippen LogP contribution in [0.2, 0.25) is 5.02 Å². The van der Waals surface area contributed by atoms with Crippen molar-refractivity contribution in [3.05, 3.63) is 31.9 Å². The summed E-state index contributed by atoms with van der Waals surface area (Å²) in [5, 5.41) is 0.812. The van der Waals surface area contributed by atoms with Crippen molar-refractivity contribution in [2.75, 3.05) is 0 Å². The highest BCUT2D eigenvalue weighted by molar-refractivity contribution is 14.1. The Bertz CT molecular complexity index is 273. The van der Waals surface area contributed by atoms with E-state index in [-0.39, 0.29) is 0 Å². The lowest BCUT2D eigenvalue weighted by Crippen LogP contribution is -1.99. The number of hydrogen-bond acceptors (Lipinski definition) is 1. The van der Waals surface area contributed by atoms with E-state index in [0.29, 0.717) is 6.54 Å². The largest absolute Gasteiger partial charge is 0.326 e. The van der Waals surface area contributed by atoms with Crippen molar-refractivity contribution in [1.82, 2.24) is 0 Å². The number of nitrogens with two attached hydrogens (primary N) is 1. The zero-order valence-corrected chi connectivity index (χ0v) is 9.11. The van der Waals surface area contributed by atoms with Gasteiger partial charge < -0.3 is 5.73 Å². The van der Waals surface area contributed by atoms with Gasteiger partial charge in [0.15, 0.2) is 0 Å². The van der Waals surface area contributed by atoms with Crippen molar-refractivity contribution in [2.45, 2.75) is 13.5 Å². The van der Waals surface area contributed by atoms with Crippen molar-refractivity contribution in [3.8, 4) is 0 Å². The van der Waals surface area contributed by atoms with E-state index in [2.05, 4.69) is 22.6 Å². The maximum absolute atomic E-state index is 5.90. The summed E-state index contributed by atoms with van der Waals surface area (Å²) in [6.45, 7) is 2.56.